The lowest BCUT2D eigenvalue weighted by Crippen LogP contribution is -2.17. The zero-order valence-electron chi connectivity index (χ0n) is 15.5. The van der Waals surface area contributed by atoms with Gasteiger partial charge in [-0.1, -0.05) is 13.8 Å². The third kappa shape index (κ3) is 5.51. The fraction of sp³-hybridized carbons (Fsp3) is 0.300. The first-order valence-electron chi connectivity index (χ1n) is 8.31. The van der Waals surface area contributed by atoms with Crippen LogP contribution < -0.4 is 19.6 Å². The quantitative estimate of drug-likeness (QED) is 0.580. The summed E-state index contributed by atoms with van der Waals surface area (Å²) in [5.74, 6) is 2.12. The Morgan fingerprint density at radius 2 is 1.81 bits per heavy atom. The number of ether oxygens (including phenoxy) is 3. The summed E-state index contributed by atoms with van der Waals surface area (Å²) in [6, 6.07) is 12.3. The van der Waals surface area contributed by atoms with E-state index in [0.29, 0.717) is 35.3 Å². The van der Waals surface area contributed by atoms with E-state index in [-0.39, 0.29) is 5.91 Å². The van der Waals surface area contributed by atoms with Crippen LogP contribution in [0.3, 0.4) is 0 Å². The van der Waals surface area contributed by atoms with E-state index in [0.717, 1.165) is 5.56 Å². The zero-order chi connectivity index (χ0) is 18.9. The van der Waals surface area contributed by atoms with Crippen molar-refractivity contribution in [3.05, 3.63) is 53.6 Å². The Bertz CT molecular complexity index is 755. The molecule has 0 aliphatic heterocycles. The molecule has 6 heteroatoms. The van der Waals surface area contributed by atoms with Crippen LogP contribution in [0.5, 0.6) is 17.2 Å². The minimum Gasteiger partial charge on any atom is -0.497 e. The summed E-state index contributed by atoms with van der Waals surface area (Å²) in [7, 11) is 3.16. The van der Waals surface area contributed by atoms with Crippen LogP contribution in [0.4, 0.5) is 0 Å². The van der Waals surface area contributed by atoms with Gasteiger partial charge in [-0.3, -0.25) is 4.79 Å². The molecular weight excluding hydrogens is 332 g/mol. The van der Waals surface area contributed by atoms with E-state index < -0.39 is 0 Å². The van der Waals surface area contributed by atoms with Gasteiger partial charge in [0.05, 0.1) is 27.0 Å². The minimum absolute atomic E-state index is 0.298. The highest BCUT2D eigenvalue weighted by molar-refractivity contribution is 5.95. The van der Waals surface area contributed by atoms with Gasteiger partial charge in [0, 0.05) is 5.56 Å². The average molecular weight is 356 g/mol. The van der Waals surface area contributed by atoms with E-state index in [1.165, 1.54) is 0 Å². The average Bonchev–Trinajstić information content (AvgIpc) is 2.66. The molecule has 0 atom stereocenters. The molecular formula is C20H24N2O4. The molecule has 0 aromatic heterocycles. The van der Waals surface area contributed by atoms with Crippen LogP contribution in [0.15, 0.2) is 47.6 Å². The number of rotatable bonds is 8. The SMILES string of the molecule is COc1ccc(C(=O)N/N=C\c2ccc(OCC(C)C)c(OC)c2)cc1. The molecule has 0 aliphatic carbocycles. The standard InChI is InChI=1S/C20H24N2O4/c1-14(2)13-26-18-10-5-15(11-19(18)25-4)12-21-22-20(23)16-6-8-17(24-3)9-7-16/h5-12,14H,13H2,1-4H3,(H,22,23)/b21-12-. The third-order valence-corrected chi connectivity index (χ3v) is 3.49. The lowest BCUT2D eigenvalue weighted by molar-refractivity contribution is 0.0955. The summed E-state index contributed by atoms with van der Waals surface area (Å²) in [5, 5.41) is 3.99. The van der Waals surface area contributed by atoms with E-state index in [1.54, 1.807) is 50.8 Å². The predicted octanol–water partition coefficient (Wildman–Crippen LogP) is 3.50. The van der Waals surface area contributed by atoms with Crippen molar-refractivity contribution in [2.24, 2.45) is 11.0 Å². The number of nitrogens with one attached hydrogen (secondary N) is 1. The van der Waals surface area contributed by atoms with Crippen molar-refractivity contribution in [3.8, 4) is 17.2 Å². The van der Waals surface area contributed by atoms with Gasteiger partial charge in [0.1, 0.15) is 5.75 Å². The monoisotopic (exact) mass is 356 g/mol. The summed E-state index contributed by atoms with van der Waals surface area (Å²) in [6.07, 6.45) is 1.55. The van der Waals surface area contributed by atoms with E-state index in [2.05, 4.69) is 24.4 Å². The van der Waals surface area contributed by atoms with Crippen LogP contribution in [-0.2, 0) is 0 Å². The van der Waals surface area contributed by atoms with Gasteiger partial charge in [-0.05, 0) is 53.9 Å². The van der Waals surface area contributed by atoms with Crippen molar-refractivity contribution in [1.29, 1.82) is 0 Å². The maximum atomic E-state index is 12.1. The molecule has 0 spiro atoms. The third-order valence-electron chi connectivity index (χ3n) is 3.49. The Morgan fingerprint density at radius 3 is 2.42 bits per heavy atom. The Hall–Kier alpha value is -3.02. The Labute approximate surface area is 153 Å². The molecule has 0 unspecified atom stereocenters. The maximum absolute atomic E-state index is 12.1. The fourth-order valence-electron chi connectivity index (χ4n) is 2.11. The van der Waals surface area contributed by atoms with Crippen molar-refractivity contribution >= 4 is 12.1 Å². The Kier molecular flexibility index (Phi) is 7.02. The molecule has 1 amide bonds. The molecule has 2 rings (SSSR count). The van der Waals surface area contributed by atoms with Gasteiger partial charge in [0.25, 0.3) is 5.91 Å². The number of amides is 1. The van der Waals surface area contributed by atoms with Gasteiger partial charge in [-0.2, -0.15) is 5.10 Å². The normalized spacial score (nSPS) is 10.8. The largest absolute Gasteiger partial charge is 0.497 e. The van der Waals surface area contributed by atoms with Crippen molar-refractivity contribution < 1.29 is 19.0 Å². The highest BCUT2D eigenvalue weighted by Gasteiger charge is 2.07. The maximum Gasteiger partial charge on any atom is 0.271 e. The highest BCUT2D eigenvalue weighted by atomic mass is 16.5. The number of nitrogens with zero attached hydrogens (tertiary/aromatic N) is 1. The Morgan fingerprint density at radius 1 is 1.08 bits per heavy atom. The van der Waals surface area contributed by atoms with Crippen LogP contribution >= 0.6 is 0 Å². The molecule has 6 nitrogen and oxygen atoms in total. The summed E-state index contributed by atoms with van der Waals surface area (Å²) < 4.78 is 16.1. The summed E-state index contributed by atoms with van der Waals surface area (Å²) in [6.45, 7) is 4.78. The molecule has 0 aliphatic rings. The number of methoxy groups -OCH3 is 2. The summed E-state index contributed by atoms with van der Waals surface area (Å²) in [5.41, 5.74) is 3.78. The zero-order valence-corrected chi connectivity index (χ0v) is 15.5. The molecule has 0 saturated heterocycles. The number of carbonyl (C=O) groups excluding carboxylic acids is 1. The summed E-state index contributed by atoms with van der Waals surface area (Å²) >= 11 is 0. The topological polar surface area (TPSA) is 69.2 Å². The molecule has 0 radical (unpaired) electrons. The fourth-order valence-corrected chi connectivity index (χ4v) is 2.11. The van der Waals surface area contributed by atoms with Gasteiger partial charge in [0.15, 0.2) is 11.5 Å². The van der Waals surface area contributed by atoms with Crippen LogP contribution in [0.2, 0.25) is 0 Å². The second-order valence-corrected chi connectivity index (χ2v) is 6.04. The second-order valence-electron chi connectivity index (χ2n) is 6.04. The summed E-state index contributed by atoms with van der Waals surface area (Å²) in [4.78, 5) is 12.1. The molecule has 0 saturated carbocycles. The van der Waals surface area contributed by atoms with Gasteiger partial charge >= 0.3 is 0 Å². The first-order chi connectivity index (χ1) is 12.5. The van der Waals surface area contributed by atoms with Gasteiger partial charge in [-0.15, -0.1) is 0 Å². The first kappa shape index (κ1) is 19.3. The lowest BCUT2D eigenvalue weighted by atomic mass is 10.2. The minimum atomic E-state index is -0.298. The predicted molar refractivity (Wildman–Crippen MR) is 101 cm³/mol. The highest BCUT2D eigenvalue weighted by Crippen LogP contribution is 2.28. The smallest absolute Gasteiger partial charge is 0.271 e. The van der Waals surface area contributed by atoms with E-state index in [4.69, 9.17) is 14.2 Å². The van der Waals surface area contributed by atoms with Crippen molar-refractivity contribution in [2.75, 3.05) is 20.8 Å². The van der Waals surface area contributed by atoms with Crippen LogP contribution in [-0.4, -0.2) is 32.9 Å². The van der Waals surface area contributed by atoms with E-state index >= 15 is 0 Å². The van der Waals surface area contributed by atoms with E-state index in [1.807, 2.05) is 12.1 Å². The number of hydrogen-bond donors (Lipinski definition) is 1. The molecule has 138 valence electrons. The Balaban J connectivity index is 1.99. The van der Waals surface area contributed by atoms with Crippen LogP contribution in [0, 0.1) is 5.92 Å². The van der Waals surface area contributed by atoms with E-state index in [9.17, 15) is 4.79 Å². The number of hydrogen-bond acceptors (Lipinski definition) is 5. The number of carbonyl (C=O) groups is 1. The lowest BCUT2D eigenvalue weighted by Gasteiger charge is -2.12. The van der Waals surface area contributed by atoms with Crippen molar-refractivity contribution in [2.45, 2.75) is 13.8 Å². The molecule has 0 bridgehead atoms. The van der Waals surface area contributed by atoms with Gasteiger partial charge in [0.2, 0.25) is 0 Å². The molecule has 2 aromatic carbocycles. The molecule has 1 N–H and O–H groups in total. The number of hydrazone groups is 1. The molecule has 26 heavy (non-hydrogen) atoms. The molecule has 2 aromatic rings. The molecule has 0 heterocycles. The van der Waals surface area contributed by atoms with Gasteiger partial charge < -0.3 is 14.2 Å². The van der Waals surface area contributed by atoms with Crippen LogP contribution in [0.1, 0.15) is 29.8 Å². The van der Waals surface area contributed by atoms with Crippen LogP contribution in [0.25, 0.3) is 0 Å². The van der Waals surface area contributed by atoms with Gasteiger partial charge in [-0.25, -0.2) is 5.43 Å². The first-order valence-corrected chi connectivity index (χ1v) is 8.31. The molecule has 0 fully saturated rings. The number of benzene rings is 2. The second kappa shape index (κ2) is 9.46. The van der Waals surface area contributed by atoms with Crippen molar-refractivity contribution in [3.63, 3.8) is 0 Å². The van der Waals surface area contributed by atoms with Crippen molar-refractivity contribution in [1.82, 2.24) is 5.43 Å².